The SMILES string of the molecule is COC(=O)C=CCCCCCCCCCCCCCBr. The number of esters is 1. The summed E-state index contributed by atoms with van der Waals surface area (Å²) in [6, 6.07) is 0. The smallest absolute Gasteiger partial charge is 0.330 e. The molecule has 2 nitrogen and oxygen atoms in total. The highest BCUT2D eigenvalue weighted by atomic mass is 79.9. The third kappa shape index (κ3) is 15.7. The Balaban J connectivity index is 3.06. The molecule has 0 aromatic rings. The predicted molar refractivity (Wildman–Crippen MR) is 90.4 cm³/mol. The molecule has 0 atom stereocenters. The number of ether oxygens (including phenoxy) is 1. The lowest BCUT2D eigenvalue weighted by Crippen LogP contribution is -1.93. The zero-order valence-electron chi connectivity index (χ0n) is 13.0. The Morgan fingerprint density at radius 3 is 1.75 bits per heavy atom. The minimum atomic E-state index is -0.249. The second-order valence-corrected chi connectivity index (χ2v) is 6.09. The standard InChI is InChI=1S/C17H31BrO2/c1-20-17(19)15-13-11-9-7-5-3-2-4-6-8-10-12-14-16-18/h13,15H,2-12,14,16H2,1H3. The van der Waals surface area contributed by atoms with Crippen LogP contribution in [0.25, 0.3) is 0 Å². The minimum Gasteiger partial charge on any atom is -0.466 e. The Bertz CT molecular complexity index is 239. The van der Waals surface area contributed by atoms with Gasteiger partial charge in [0.1, 0.15) is 0 Å². The van der Waals surface area contributed by atoms with Gasteiger partial charge in [-0.15, -0.1) is 0 Å². The highest BCUT2D eigenvalue weighted by Crippen LogP contribution is 2.12. The molecule has 0 fully saturated rings. The van der Waals surface area contributed by atoms with E-state index in [2.05, 4.69) is 20.7 Å². The fraction of sp³-hybridized carbons (Fsp3) is 0.824. The van der Waals surface area contributed by atoms with Gasteiger partial charge in [0.15, 0.2) is 0 Å². The molecule has 0 aliphatic rings. The zero-order valence-corrected chi connectivity index (χ0v) is 14.6. The van der Waals surface area contributed by atoms with Crippen LogP contribution in [0.5, 0.6) is 0 Å². The van der Waals surface area contributed by atoms with E-state index < -0.39 is 0 Å². The molecule has 0 rings (SSSR count). The van der Waals surface area contributed by atoms with E-state index >= 15 is 0 Å². The molecule has 0 amide bonds. The number of rotatable bonds is 14. The number of halogens is 1. The average Bonchev–Trinajstić information content (AvgIpc) is 2.47. The highest BCUT2D eigenvalue weighted by Gasteiger charge is 1.93. The Hall–Kier alpha value is -0.310. The fourth-order valence-electron chi connectivity index (χ4n) is 2.20. The molecular formula is C17H31BrO2. The number of unbranched alkanes of at least 4 members (excludes halogenated alkanes) is 11. The quantitative estimate of drug-likeness (QED) is 0.172. The molecule has 3 heteroatoms. The summed E-state index contributed by atoms with van der Waals surface area (Å²) in [5.41, 5.74) is 0. The molecule has 0 aliphatic heterocycles. The molecule has 0 heterocycles. The van der Waals surface area contributed by atoms with Gasteiger partial charge in [-0.3, -0.25) is 0 Å². The number of alkyl halides is 1. The summed E-state index contributed by atoms with van der Waals surface area (Å²) in [7, 11) is 1.41. The van der Waals surface area contributed by atoms with Crippen LogP contribution in [0.4, 0.5) is 0 Å². The maximum atomic E-state index is 10.8. The van der Waals surface area contributed by atoms with Crippen molar-refractivity contribution in [2.75, 3.05) is 12.4 Å². The Labute approximate surface area is 133 Å². The van der Waals surface area contributed by atoms with Crippen molar-refractivity contribution in [2.45, 2.75) is 77.0 Å². The van der Waals surface area contributed by atoms with Gasteiger partial charge in [-0.05, 0) is 19.3 Å². The van der Waals surface area contributed by atoms with E-state index in [4.69, 9.17) is 0 Å². The predicted octanol–water partition coefficient (Wildman–Crippen LogP) is 5.79. The molecule has 0 unspecified atom stereocenters. The second kappa shape index (κ2) is 16.7. The van der Waals surface area contributed by atoms with Gasteiger partial charge in [-0.1, -0.05) is 79.8 Å². The largest absolute Gasteiger partial charge is 0.466 e. The van der Waals surface area contributed by atoms with Gasteiger partial charge in [0, 0.05) is 11.4 Å². The number of carbonyl (C=O) groups excluding carboxylic acids is 1. The van der Waals surface area contributed by atoms with Crippen LogP contribution in [0, 0.1) is 0 Å². The first-order chi connectivity index (χ1) is 9.81. The average molecular weight is 347 g/mol. The summed E-state index contributed by atoms with van der Waals surface area (Å²) in [5.74, 6) is -0.249. The second-order valence-electron chi connectivity index (χ2n) is 5.29. The first kappa shape index (κ1) is 19.7. The molecule has 0 aliphatic carbocycles. The summed E-state index contributed by atoms with van der Waals surface area (Å²) in [6.45, 7) is 0. The van der Waals surface area contributed by atoms with Crippen molar-refractivity contribution < 1.29 is 9.53 Å². The van der Waals surface area contributed by atoms with Gasteiger partial charge in [-0.25, -0.2) is 4.79 Å². The van der Waals surface area contributed by atoms with Crippen LogP contribution < -0.4 is 0 Å². The summed E-state index contributed by atoms with van der Waals surface area (Å²) >= 11 is 3.47. The normalized spacial score (nSPS) is 11.1. The number of hydrogen-bond acceptors (Lipinski definition) is 2. The van der Waals surface area contributed by atoms with Crippen molar-refractivity contribution in [1.29, 1.82) is 0 Å². The molecule has 0 radical (unpaired) electrons. The number of methoxy groups -OCH3 is 1. The van der Waals surface area contributed by atoms with Gasteiger partial charge >= 0.3 is 5.97 Å². The molecule has 0 aromatic carbocycles. The minimum absolute atomic E-state index is 0.249. The molecule has 0 bridgehead atoms. The first-order valence-corrected chi connectivity index (χ1v) is 9.24. The van der Waals surface area contributed by atoms with Crippen LogP contribution in [-0.4, -0.2) is 18.4 Å². The van der Waals surface area contributed by atoms with Gasteiger partial charge < -0.3 is 4.74 Å². The van der Waals surface area contributed by atoms with E-state index in [1.165, 1.54) is 83.8 Å². The van der Waals surface area contributed by atoms with E-state index in [-0.39, 0.29) is 5.97 Å². The first-order valence-electron chi connectivity index (χ1n) is 8.11. The van der Waals surface area contributed by atoms with Crippen molar-refractivity contribution in [2.24, 2.45) is 0 Å². The van der Waals surface area contributed by atoms with Gasteiger partial charge in [-0.2, -0.15) is 0 Å². The monoisotopic (exact) mass is 346 g/mol. The van der Waals surface area contributed by atoms with Crippen LogP contribution in [0.3, 0.4) is 0 Å². The third-order valence-electron chi connectivity index (χ3n) is 3.46. The summed E-state index contributed by atoms with van der Waals surface area (Å²) in [5, 5.41) is 1.15. The molecule has 0 spiro atoms. The molecule has 0 aromatic heterocycles. The molecule has 0 saturated heterocycles. The van der Waals surface area contributed by atoms with Crippen LogP contribution in [0.2, 0.25) is 0 Å². The van der Waals surface area contributed by atoms with Gasteiger partial charge in [0.25, 0.3) is 0 Å². The lowest BCUT2D eigenvalue weighted by atomic mass is 10.1. The van der Waals surface area contributed by atoms with Crippen molar-refractivity contribution >= 4 is 21.9 Å². The third-order valence-corrected chi connectivity index (χ3v) is 4.02. The van der Waals surface area contributed by atoms with E-state index in [0.29, 0.717) is 0 Å². The van der Waals surface area contributed by atoms with E-state index in [1.807, 2.05) is 6.08 Å². The van der Waals surface area contributed by atoms with Crippen molar-refractivity contribution in [3.8, 4) is 0 Å². The van der Waals surface area contributed by atoms with Gasteiger partial charge in [0.2, 0.25) is 0 Å². The van der Waals surface area contributed by atoms with Gasteiger partial charge in [0.05, 0.1) is 7.11 Å². The Kier molecular flexibility index (Phi) is 16.5. The maximum Gasteiger partial charge on any atom is 0.330 e. The fourth-order valence-corrected chi connectivity index (χ4v) is 2.59. The topological polar surface area (TPSA) is 26.3 Å². The Morgan fingerprint density at radius 2 is 1.30 bits per heavy atom. The van der Waals surface area contributed by atoms with Crippen molar-refractivity contribution in [1.82, 2.24) is 0 Å². The van der Waals surface area contributed by atoms with Crippen LogP contribution in [0.1, 0.15) is 77.0 Å². The number of allylic oxidation sites excluding steroid dienone is 1. The zero-order chi connectivity index (χ0) is 14.9. The molecular weight excluding hydrogens is 316 g/mol. The molecule has 0 N–H and O–H groups in total. The van der Waals surface area contributed by atoms with Crippen molar-refractivity contribution in [3.05, 3.63) is 12.2 Å². The Morgan fingerprint density at radius 1 is 0.850 bits per heavy atom. The van der Waals surface area contributed by atoms with Crippen LogP contribution in [0.15, 0.2) is 12.2 Å². The summed E-state index contributed by atoms with van der Waals surface area (Å²) in [6.07, 6.45) is 19.3. The molecule has 0 saturated carbocycles. The number of carbonyl (C=O) groups is 1. The lowest BCUT2D eigenvalue weighted by Gasteiger charge is -2.02. The van der Waals surface area contributed by atoms with Crippen LogP contribution >= 0.6 is 15.9 Å². The molecule has 20 heavy (non-hydrogen) atoms. The maximum absolute atomic E-state index is 10.8. The summed E-state index contributed by atoms with van der Waals surface area (Å²) < 4.78 is 4.54. The summed E-state index contributed by atoms with van der Waals surface area (Å²) in [4.78, 5) is 10.8. The van der Waals surface area contributed by atoms with Crippen molar-refractivity contribution in [3.63, 3.8) is 0 Å². The number of hydrogen-bond donors (Lipinski definition) is 0. The molecule has 118 valence electrons. The van der Waals surface area contributed by atoms with E-state index in [9.17, 15) is 4.79 Å². The van der Waals surface area contributed by atoms with Crippen LogP contribution in [-0.2, 0) is 9.53 Å². The van der Waals surface area contributed by atoms with E-state index in [0.717, 1.165) is 11.8 Å². The highest BCUT2D eigenvalue weighted by molar-refractivity contribution is 9.09. The lowest BCUT2D eigenvalue weighted by molar-refractivity contribution is -0.134. The van der Waals surface area contributed by atoms with E-state index in [1.54, 1.807) is 0 Å².